The molecule has 0 saturated carbocycles. The summed E-state index contributed by atoms with van der Waals surface area (Å²) in [7, 11) is 1.52. The zero-order valence-corrected chi connectivity index (χ0v) is 9.71. The Bertz CT molecular complexity index is 429. The van der Waals surface area contributed by atoms with Gasteiger partial charge in [-0.1, -0.05) is 11.6 Å². The van der Waals surface area contributed by atoms with Gasteiger partial charge in [0.25, 0.3) is 0 Å². The minimum Gasteiger partial charge on any atom is -0.495 e. The first-order chi connectivity index (χ1) is 7.54. The van der Waals surface area contributed by atoms with Gasteiger partial charge in [-0.25, -0.2) is 4.79 Å². The number of rotatable bonds is 4. The number of hydrogen-bond acceptors (Lipinski definition) is 3. The van der Waals surface area contributed by atoms with Crippen LogP contribution in [0, 0.1) is 6.92 Å². The maximum Gasteiger partial charge on any atom is 0.329 e. The van der Waals surface area contributed by atoms with Gasteiger partial charge in [0.05, 0.1) is 12.8 Å². The first-order valence-electron chi connectivity index (χ1n) is 4.54. The highest BCUT2D eigenvalue weighted by molar-refractivity contribution is 6.31. The third-order valence-electron chi connectivity index (χ3n) is 1.95. The summed E-state index contributed by atoms with van der Waals surface area (Å²) in [5, 5.41) is 11.9. The van der Waals surface area contributed by atoms with Crippen LogP contribution >= 0.6 is 11.6 Å². The number of anilines is 1. The highest BCUT2D eigenvalue weighted by Gasteiger charge is 2.05. The van der Waals surface area contributed by atoms with Crippen LogP contribution in [-0.2, 0) is 4.79 Å². The van der Waals surface area contributed by atoms with Crippen molar-refractivity contribution in [2.45, 2.75) is 6.92 Å². The predicted molar refractivity (Wildman–Crippen MR) is 63.1 cm³/mol. The second kappa shape index (κ2) is 5.42. The molecule has 86 valence electrons. The maximum atomic E-state index is 10.3. The van der Waals surface area contributed by atoms with Crippen molar-refractivity contribution >= 4 is 23.3 Å². The molecule has 0 radical (unpaired) electrons. The third kappa shape index (κ3) is 3.17. The van der Waals surface area contributed by atoms with Crippen LogP contribution in [0.15, 0.2) is 24.4 Å². The molecule has 0 unspecified atom stereocenters. The third-order valence-corrected chi connectivity index (χ3v) is 2.35. The Morgan fingerprint density at radius 2 is 2.25 bits per heavy atom. The number of carbonyl (C=O) groups is 1. The first kappa shape index (κ1) is 12.4. The fourth-order valence-corrected chi connectivity index (χ4v) is 1.30. The number of ether oxygens (including phenoxy) is 1. The van der Waals surface area contributed by atoms with E-state index in [4.69, 9.17) is 21.4 Å². The number of halogens is 1. The molecule has 0 amide bonds. The van der Waals surface area contributed by atoms with Crippen molar-refractivity contribution in [3.05, 3.63) is 35.0 Å². The summed E-state index contributed by atoms with van der Waals surface area (Å²) in [6, 6.07) is 3.46. The average Bonchev–Trinajstić information content (AvgIpc) is 2.22. The molecule has 0 atom stereocenters. The van der Waals surface area contributed by atoms with E-state index < -0.39 is 5.97 Å². The van der Waals surface area contributed by atoms with Crippen molar-refractivity contribution in [3.8, 4) is 5.75 Å². The van der Waals surface area contributed by atoms with Crippen LogP contribution in [-0.4, -0.2) is 18.2 Å². The van der Waals surface area contributed by atoms with Crippen LogP contribution in [0.2, 0.25) is 5.02 Å². The molecule has 2 N–H and O–H groups in total. The second-order valence-corrected chi connectivity index (χ2v) is 3.52. The van der Waals surface area contributed by atoms with Gasteiger partial charge in [0, 0.05) is 23.4 Å². The van der Waals surface area contributed by atoms with E-state index in [1.165, 1.54) is 13.3 Å². The van der Waals surface area contributed by atoms with Crippen LogP contribution in [0.1, 0.15) is 5.56 Å². The SMILES string of the molecule is COc1cc(Cl)c(C)cc1N/C=C/C(=O)O. The quantitative estimate of drug-likeness (QED) is 0.796. The summed E-state index contributed by atoms with van der Waals surface area (Å²) in [6.07, 6.45) is 2.33. The molecule has 4 nitrogen and oxygen atoms in total. The molecular formula is C11H12ClNO3. The normalized spacial score (nSPS) is 10.4. The van der Waals surface area contributed by atoms with E-state index in [1.807, 2.05) is 6.92 Å². The van der Waals surface area contributed by atoms with E-state index >= 15 is 0 Å². The zero-order chi connectivity index (χ0) is 12.1. The number of carboxylic acid groups (broad SMARTS) is 1. The van der Waals surface area contributed by atoms with Gasteiger partial charge in [-0.05, 0) is 18.6 Å². The molecule has 1 aromatic rings. The lowest BCUT2D eigenvalue weighted by Gasteiger charge is -2.10. The molecule has 0 aliphatic heterocycles. The molecule has 0 aliphatic carbocycles. The Kier molecular flexibility index (Phi) is 4.19. The number of aryl methyl sites for hydroxylation is 1. The summed E-state index contributed by atoms with van der Waals surface area (Å²) in [4.78, 5) is 10.3. The number of benzene rings is 1. The van der Waals surface area contributed by atoms with Crippen molar-refractivity contribution < 1.29 is 14.6 Å². The molecule has 16 heavy (non-hydrogen) atoms. The number of methoxy groups -OCH3 is 1. The van der Waals surface area contributed by atoms with Gasteiger partial charge in [-0.15, -0.1) is 0 Å². The Morgan fingerprint density at radius 3 is 2.81 bits per heavy atom. The molecule has 0 saturated heterocycles. The van der Waals surface area contributed by atoms with Gasteiger partial charge in [-0.2, -0.15) is 0 Å². The van der Waals surface area contributed by atoms with Crippen LogP contribution in [0.4, 0.5) is 5.69 Å². The van der Waals surface area contributed by atoms with Crippen molar-refractivity contribution in [2.75, 3.05) is 12.4 Å². The summed E-state index contributed by atoms with van der Waals surface area (Å²) in [6.45, 7) is 1.86. The van der Waals surface area contributed by atoms with Gasteiger partial charge < -0.3 is 15.2 Å². The lowest BCUT2D eigenvalue weighted by Crippen LogP contribution is -1.96. The molecule has 0 bridgehead atoms. The topological polar surface area (TPSA) is 58.6 Å². The molecular weight excluding hydrogens is 230 g/mol. The minimum absolute atomic E-state index is 0.561. The highest BCUT2D eigenvalue weighted by atomic mass is 35.5. The van der Waals surface area contributed by atoms with Crippen molar-refractivity contribution in [2.24, 2.45) is 0 Å². The monoisotopic (exact) mass is 241 g/mol. The molecule has 1 rings (SSSR count). The lowest BCUT2D eigenvalue weighted by molar-refractivity contribution is -0.131. The minimum atomic E-state index is -1.02. The summed E-state index contributed by atoms with van der Waals surface area (Å²) >= 11 is 5.93. The van der Waals surface area contributed by atoms with Crippen LogP contribution < -0.4 is 10.1 Å². The number of nitrogens with one attached hydrogen (secondary N) is 1. The highest BCUT2D eigenvalue weighted by Crippen LogP contribution is 2.30. The molecule has 5 heteroatoms. The molecule has 0 aliphatic rings. The summed E-state index contributed by atoms with van der Waals surface area (Å²) in [5.74, 6) is -0.456. The Hall–Kier alpha value is -1.68. The molecule has 0 fully saturated rings. The largest absolute Gasteiger partial charge is 0.495 e. The Morgan fingerprint density at radius 1 is 1.56 bits per heavy atom. The zero-order valence-electron chi connectivity index (χ0n) is 8.95. The second-order valence-electron chi connectivity index (χ2n) is 3.12. The first-order valence-corrected chi connectivity index (χ1v) is 4.92. The van der Waals surface area contributed by atoms with E-state index in [0.29, 0.717) is 16.5 Å². The van der Waals surface area contributed by atoms with E-state index in [-0.39, 0.29) is 0 Å². The van der Waals surface area contributed by atoms with Gasteiger partial charge in [0.15, 0.2) is 0 Å². The van der Waals surface area contributed by atoms with E-state index in [1.54, 1.807) is 12.1 Å². The molecule has 0 spiro atoms. The fraction of sp³-hybridized carbons (Fsp3) is 0.182. The number of hydrogen-bond donors (Lipinski definition) is 2. The predicted octanol–water partition coefficient (Wildman–Crippen LogP) is 2.67. The van der Waals surface area contributed by atoms with Crippen LogP contribution in [0.3, 0.4) is 0 Å². The lowest BCUT2D eigenvalue weighted by atomic mass is 10.2. The number of aliphatic carboxylic acids is 1. The Balaban J connectivity index is 2.94. The van der Waals surface area contributed by atoms with Crippen LogP contribution in [0.25, 0.3) is 0 Å². The maximum absolute atomic E-state index is 10.3. The standard InChI is InChI=1S/C11H12ClNO3/c1-7-5-9(13-4-3-11(14)15)10(16-2)6-8(7)12/h3-6,13H,1-2H3,(H,14,15)/b4-3+. The van der Waals surface area contributed by atoms with Gasteiger partial charge in [0.2, 0.25) is 0 Å². The van der Waals surface area contributed by atoms with Gasteiger partial charge in [0.1, 0.15) is 5.75 Å². The molecule has 0 aromatic heterocycles. The van der Waals surface area contributed by atoms with E-state index in [9.17, 15) is 4.79 Å². The Labute approximate surface area is 98.5 Å². The van der Waals surface area contributed by atoms with Gasteiger partial charge >= 0.3 is 5.97 Å². The average molecular weight is 242 g/mol. The summed E-state index contributed by atoms with van der Waals surface area (Å²) < 4.78 is 5.11. The smallest absolute Gasteiger partial charge is 0.329 e. The van der Waals surface area contributed by atoms with E-state index in [2.05, 4.69) is 5.32 Å². The van der Waals surface area contributed by atoms with Crippen molar-refractivity contribution in [1.29, 1.82) is 0 Å². The van der Waals surface area contributed by atoms with Crippen molar-refractivity contribution in [1.82, 2.24) is 0 Å². The number of carboxylic acids is 1. The molecule has 0 heterocycles. The van der Waals surface area contributed by atoms with Crippen molar-refractivity contribution in [3.63, 3.8) is 0 Å². The van der Waals surface area contributed by atoms with Gasteiger partial charge in [-0.3, -0.25) is 0 Å². The fourth-order valence-electron chi connectivity index (χ4n) is 1.15. The van der Waals surface area contributed by atoms with E-state index in [0.717, 1.165) is 11.6 Å². The van der Waals surface area contributed by atoms with Crippen LogP contribution in [0.5, 0.6) is 5.75 Å². The molecule has 1 aromatic carbocycles. The summed E-state index contributed by atoms with van der Waals surface area (Å²) in [5.41, 5.74) is 1.55.